The summed E-state index contributed by atoms with van der Waals surface area (Å²) in [5, 5.41) is 8.81. The first kappa shape index (κ1) is 12.0. The van der Waals surface area contributed by atoms with E-state index in [0.29, 0.717) is 6.42 Å². The van der Waals surface area contributed by atoms with E-state index < -0.39 is 27.6 Å². The molecule has 0 radical (unpaired) electrons. The van der Waals surface area contributed by atoms with Gasteiger partial charge in [0.25, 0.3) is 0 Å². The van der Waals surface area contributed by atoms with Crippen molar-refractivity contribution in [3.8, 4) is 6.07 Å². The van der Waals surface area contributed by atoms with E-state index in [1.165, 1.54) is 0 Å². The lowest BCUT2D eigenvalue weighted by molar-refractivity contribution is -0.147. The molecule has 0 aromatic heterocycles. The third kappa shape index (κ3) is 2.93. The Kier molecular flexibility index (Phi) is 3.69. The van der Waals surface area contributed by atoms with Crippen molar-refractivity contribution in [3.63, 3.8) is 0 Å². The lowest BCUT2D eigenvalue weighted by Gasteiger charge is -2.13. The van der Waals surface area contributed by atoms with E-state index in [4.69, 9.17) is 10.00 Å². The van der Waals surface area contributed by atoms with Gasteiger partial charge in [0, 0.05) is 5.92 Å². The van der Waals surface area contributed by atoms with E-state index >= 15 is 0 Å². The fourth-order valence-corrected chi connectivity index (χ4v) is 3.51. The Bertz CT molecular complexity index is 381. The van der Waals surface area contributed by atoms with Crippen LogP contribution in [-0.4, -0.2) is 32.5 Å². The van der Waals surface area contributed by atoms with Gasteiger partial charge in [0.15, 0.2) is 9.84 Å². The van der Waals surface area contributed by atoms with Gasteiger partial charge in [0.05, 0.1) is 24.2 Å². The molecule has 2 unspecified atom stereocenters. The number of ether oxygens (including phenoxy) is 1. The summed E-state index contributed by atoms with van der Waals surface area (Å²) in [4.78, 5) is 11.3. The first-order valence-electron chi connectivity index (χ1n) is 4.77. The minimum Gasteiger partial charge on any atom is -0.465 e. The van der Waals surface area contributed by atoms with Gasteiger partial charge in [-0.05, 0) is 13.3 Å². The van der Waals surface area contributed by atoms with Crippen LogP contribution in [0.2, 0.25) is 0 Å². The quantitative estimate of drug-likeness (QED) is 0.644. The van der Waals surface area contributed by atoms with Crippen LogP contribution in [0.1, 0.15) is 13.3 Å². The number of carbonyl (C=O) groups excluding carboxylic acids is 1. The van der Waals surface area contributed by atoms with Crippen molar-refractivity contribution >= 4 is 15.8 Å². The Balaban J connectivity index is 2.70. The number of hydrogen-bond acceptors (Lipinski definition) is 5. The van der Waals surface area contributed by atoms with Gasteiger partial charge in [-0.3, -0.25) is 4.79 Å². The predicted octanol–water partition coefficient (Wildman–Crippen LogP) is 0.124. The van der Waals surface area contributed by atoms with Crippen LogP contribution in [0.15, 0.2) is 0 Å². The van der Waals surface area contributed by atoms with Crippen molar-refractivity contribution in [2.24, 2.45) is 11.8 Å². The SMILES string of the molecule is CCOC(=O)C(C#N)C1CCS(=O)(=O)C1. The molecule has 0 aromatic carbocycles. The highest BCUT2D eigenvalue weighted by Crippen LogP contribution is 2.26. The van der Waals surface area contributed by atoms with Crippen molar-refractivity contribution in [1.29, 1.82) is 5.26 Å². The van der Waals surface area contributed by atoms with Crippen LogP contribution in [0.5, 0.6) is 0 Å². The van der Waals surface area contributed by atoms with E-state index in [9.17, 15) is 13.2 Å². The van der Waals surface area contributed by atoms with Crippen LogP contribution in [0.4, 0.5) is 0 Å². The minimum atomic E-state index is -3.06. The maximum Gasteiger partial charge on any atom is 0.323 e. The lowest BCUT2D eigenvalue weighted by Crippen LogP contribution is -2.25. The van der Waals surface area contributed by atoms with Crippen LogP contribution in [0.25, 0.3) is 0 Å². The van der Waals surface area contributed by atoms with Gasteiger partial charge < -0.3 is 4.74 Å². The standard InChI is InChI=1S/C9H13NO4S/c1-2-14-9(11)8(5-10)7-3-4-15(12,13)6-7/h7-8H,2-4,6H2,1H3. The third-order valence-electron chi connectivity index (χ3n) is 2.42. The Labute approximate surface area is 88.9 Å². The molecule has 84 valence electrons. The summed E-state index contributed by atoms with van der Waals surface area (Å²) in [6.07, 6.45) is 0.374. The number of nitriles is 1. The van der Waals surface area contributed by atoms with Gasteiger partial charge in [0.1, 0.15) is 5.92 Å². The number of rotatable bonds is 3. The van der Waals surface area contributed by atoms with E-state index in [1.54, 1.807) is 6.92 Å². The summed E-state index contributed by atoms with van der Waals surface area (Å²) in [5.74, 6) is -1.97. The first-order valence-corrected chi connectivity index (χ1v) is 6.59. The monoisotopic (exact) mass is 231 g/mol. The zero-order valence-electron chi connectivity index (χ0n) is 8.47. The van der Waals surface area contributed by atoms with Gasteiger partial charge in [0.2, 0.25) is 0 Å². The third-order valence-corrected chi connectivity index (χ3v) is 4.21. The molecule has 0 amide bonds. The zero-order chi connectivity index (χ0) is 11.5. The molecule has 1 heterocycles. The minimum absolute atomic E-state index is 0.0647. The van der Waals surface area contributed by atoms with Gasteiger partial charge in [-0.1, -0.05) is 0 Å². The molecule has 1 fully saturated rings. The number of nitrogens with zero attached hydrogens (tertiary/aromatic N) is 1. The molecule has 0 aliphatic carbocycles. The summed E-state index contributed by atoms with van der Waals surface area (Å²) < 4.78 is 27.1. The van der Waals surface area contributed by atoms with Crippen molar-refractivity contribution in [2.75, 3.05) is 18.1 Å². The van der Waals surface area contributed by atoms with Crippen molar-refractivity contribution < 1.29 is 17.9 Å². The average molecular weight is 231 g/mol. The second kappa shape index (κ2) is 4.62. The topological polar surface area (TPSA) is 84.2 Å². The maximum atomic E-state index is 11.3. The molecule has 0 aromatic rings. The zero-order valence-corrected chi connectivity index (χ0v) is 9.29. The Morgan fingerprint density at radius 2 is 2.33 bits per heavy atom. The van der Waals surface area contributed by atoms with Crippen LogP contribution in [-0.2, 0) is 19.4 Å². The number of sulfone groups is 1. The highest BCUT2D eigenvalue weighted by molar-refractivity contribution is 7.91. The molecule has 6 heteroatoms. The normalized spacial score (nSPS) is 25.5. The van der Waals surface area contributed by atoms with Crippen molar-refractivity contribution in [1.82, 2.24) is 0 Å². The van der Waals surface area contributed by atoms with E-state index in [0.717, 1.165) is 0 Å². The molecule has 1 aliphatic rings. The smallest absolute Gasteiger partial charge is 0.323 e. The number of esters is 1. The van der Waals surface area contributed by atoms with Gasteiger partial charge in [-0.25, -0.2) is 8.42 Å². The molecule has 0 N–H and O–H groups in total. The Hall–Kier alpha value is -1.09. The van der Waals surface area contributed by atoms with Crippen LogP contribution >= 0.6 is 0 Å². The second-order valence-corrected chi connectivity index (χ2v) is 5.75. The Morgan fingerprint density at radius 1 is 1.67 bits per heavy atom. The van der Waals surface area contributed by atoms with E-state index in [-0.39, 0.29) is 18.1 Å². The molecule has 5 nitrogen and oxygen atoms in total. The lowest BCUT2D eigenvalue weighted by atomic mass is 9.93. The largest absolute Gasteiger partial charge is 0.465 e. The fourth-order valence-electron chi connectivity index (χ4n) is 1.67. The van der Waals surface area contributed by atoms with Crippen molar-refractivity contribution in [2.45, 2.75) is 13.3 Å². The molecule has 15 heavy (non-hydrogen) atoms. The molecule has 0 saturated carbocycles. The van der Waals surface area contributed by atoms with Crippen LogP contribution < -0.4 is 0 Å². The molecule has 1 aliphatic heterocycles. The summed E-state index contributed by atoms with van der Waals surface area (Å²) in [7, 11) is -3.06. The van der Waals surface area contributed by atoms with E-state index in [2.05, 4.69) is 0 Å². The second-order valence-electron chi connectivity index (χ2n) is 3.52. The highest BCUT2D eigenvalue weighted by atomic mass is 32.2. The molecule has 0 bridgehead atoms. The van der Waals surface area contributed by atoms with Gasteiger partial charge in [-0.15, -0.1) is 0 Å². The van der Waals surface area contributed by atoms with Gasteiger partial charge in [-0.2, -0.15) is 5.26 Å². The summed E-state index contributed by atoms with van der Waals surface area (Å²) in [5.41, 5.74) is 0. The molecule has 1 rings (SSSR count). The summed E-state index contributed by atoms with van der Waals surface area (Å²) >= 11 is 0. The molecule has 0 spiro atoms. The molecule has 1 saturated heterocycles. The van der Waals surface area contributed by atoms with Crippen LogP contribution in [0.3, 0.4) is 0 Å². The van der Waals surface area contributed by atoms with Gasteiger partial charge >= 0.3 is 5.97 Å². The average Bonchev–Trinajstić information content (AvgIpc) is 2.48. The van der Waals surface area contributed by atoms with Crippen molar-refractivity contribution in [3.05, 3.63) is 0 Å². The predicted molar refractivity (Wildman–Crippen MR) is 52.5 cm³/mol. The summed E-state index contributed by atoms with van der Waals surface area (Å²) in [6, 6.07) is 1.83. The molecule has 2 atom stereocenters. The summed E-state index contributed by atoms with van der Waals surface area (Å²) in [6.45, 7) is 1.86. The van der Waals surface area contributed by atoms with Crippen LogP contribution in [0, 0.1) is 23.2 Å². The highest BCUT2D eigenvalue weighted by Gasteiger charge is 2.38. The maximum absolute atomic E-state index is 11.3. The van der Waals surface area contributed by atoms with E-state index in [1.807, 2.05) is 6.07 Å². The number of carbonyl (C=O) groups is 1. The number of hydrogen-bond donors (Lipinski definition) is 0. The molecular formula is C9H13NO4S. The first-order chi connectivity index (χ1) is 7.00. The molecular weight excluding hydrogens is 218 g/mol. The fraction of sp³-hybridized carbons (Fsp3) is 0.778. The Morgan fingerprint density at radius 3 is 2.73 bits per heavy atom.